The van der Waals surface area contributed by atoms with E-state index in [2.05, 4.69) is 71.2 Å². The van der Waals surface area contributed by atoms with Crippen molar-refractivity contribution in [2.45, 2.75) is 13.5 Å². The van der Waals surface area contributed by atoms with E-state index in [0.717, 1.165) is 66.3 Å². The molecule has 9 nitrogen and oxygen atoms in total. The standard InChI is InChI=1S/C29H29N7O2/c1-3-27(37)34-10-8-33(9-11-34)25-6-4-21(5-7-25)26-12-22(17-36-28(26)23(13-30)14-32-36)24-15-31-35(16-24)18-29(2)19-38-20-29/h3-7,12,14-17H,1,8-11,18-20H2,2H3. The topological polar surface area (TPSA) is 91.7 Å². The lowest BCUT2D eigenvalue weighted by Crippen LogP contribution is -2.48. The second-order valence-corrected chi connectivity index (χ2v) is 10.4. The molecule has 2 aliphatic heterocycles. The van der Waals surface area contributed by atoms with Gasteiger partial charge >= 0.3 is 0 Å². The van der Waals surface area contributed by atoms with Gasteiger partial charge in [0.2, 0.25) is 5.91 Å². The van der Waals surface area contributed by atoms with E-state index in [1.54, 1.807) is 10.7 Å². The number of benzene rings is 1. The number of aromatic nitrogens is 4. The van der Waals surface area contributed by atoms with Gasteiger partial charge in [0.05, 0.1) is 43.2 Å². The SMILES string of the molecule is C=CC(=O)N1CCN(c2ccc(-c3cc(-c4cnn(CC5(C)COC5)c4)cn4ncc(C#N)c34)cc2)CC1. The Morgan fingerprint density at radius 2 is 1.84 bits per heavy atom. The molecule has 38 heavy (non-hydrogen) atoms. The molecule has 2 aliphatic rings. The molecule has 6 rings (SSSR count). The van der Waals surface area contributed by atoms with Gasteiger partial charge in [-0.15, -0.1) is 0 Å². The predicted molar refractivity (Wildman–Crippen MR) is 144 cm³/mol. The van der Waals surface area contributed by atoms with Gasteiger partial charge < -0.3 is 14.5 Å². The molecular weight excluding hydrogens is 478 g/mol. The molecule has 1 aromatic carbocycles. The van der Waals surface area contributed by atoms with Crippen molar-refractivity contribution in [1.29, 1.82) is 5.26 Å². The number of hydrogen-bond acceptors (Lipinski definition) is 6. The molecule has 0 saturated carbocycles. The summed E-state index contributed by atoms with van der Waals surface area (Å²) in [6.45, 7) is 11.0. The second kappa shape index (κ2) is 9.47. The first kappa shape index (κ1) is 23.9. The van der Waals surface area contributed by atoms with Crippen molar-refractivity contribution in [1.82, 2.24) is 24.3 Å². The fourth-order valence-electron chi connectivity index (χ4n) is 5.28. The first-order valence-corrected chi connectivity index (χ1v) is 12.8. The molecule has 3 aromatic heterocycles. The predicted octanol–water partition coefficient (Wildman–Crippen LogP) is 3.61. The van der Waals surface area contributed by atoms with E-state index in [9.17, 15) is 10.1 Å². The van der Waals surface area contributed by atoms with Gasteiger partial charge in [-0.3, -0.25) is 9.48 Å². The fraction of sp³-hybridized carbons (Fsp3) is 0.310. The highest BCUT2D eigenvalue weighted by Gasteiger charge is 2.34. The molecule has 192 valence electrons. The molecule has 0 bridgehead atoms. The van der Waals surface area contributed by atoms with Crippen molar-refractivity contribution in [3.63, 3.8) is 0 Å². The summed E-state index contributed by atoms with van der Waals surface area (Å²) in [6.07, 6.45) is 8.88. The number of amides is 1. The van der Waals surface area contributed by atoms with Crippen LogP contribution in [0.4, 0.5) is 5.69 Å². The Bertz CT molecular complexity index is 1550. The van der Waals surface area contributed by atoms with Crippen LogP contribution in [0.3, 0.4) is 0 Å². The van der Waals surface area contributed by atoms with E-state index in [1.165, 1.54) is 6.08 Å². The molecule has 0 atom stereocenters. The monoisotopic (exact) mass is 507 g/mol. The maximum Gasteiger partial charge on any atom is 0.246 e. The van der Waals surface area contributed by atoms with Crippen LogP contribution in [0.25, 0.3) is 27.8 Å². The van der Waals surface area contributed by atoms with Crippen molar-refractivity contribution in [2.75, 3.05) is 44.3 Å². The maximum absolute atomic E-state index is 11.9. The number of hydrogen-bond donors (Lipinski definition) is 0. The van der Waals surface area contributed by atoms with Crippen LogP contribution in [-0.4, -0.2) is 69.6 Å². The van der Waals surface area contributed by atoms with Gasteiger partial charge in [-0.25, -0.2) is 4.52 Å². The lowest BCUT2D eigenvalue weighted by molar-refractivity contribution is -0.126. The van der Waals surface area contributed by atoms with Gasteiger partial charge in [0.1, 0.15) is 6.07 Å². The number of fused-ring (bicyclic) bond motifs is 1. The van der Waals surface area contributed by atoms with Crippen LogP contribution in [0.2, 0.25) is 0 Å². The number of carbonyl (C=O) groups is 1. The zero-order chi connectivity index (χ0) is 26.3. The Balaban J connectivity index is 1.30. The zero-order valence-corrected chi connectivity index (χ0v) is 21.4. The Morgan fingerprint density at radius 1 is 1.08 bits per heavy atom. The summed E-state index contributed by atoms with van der Waals surface area (Å²) in [6, 6.07) is 12.8. The van der Waals surface area contributed by atoms with E-state index in [4.69, 9.17) is 4.74 Å². The molecule has 0 unspecified atom stereocenters. The smallest absolute Gasteiger partial charge is 0.246 e. The van der Waals surface area contributed by atoms with Gasteiger partial charge in [-0.2, -0.15) is 15.5 Å². The zero-order valence-electron chi connectivity index (χ0n) is 21.4. The van der Waals surface area contributed by atoms with Crippen LogP contribution < -0.4 is 4.90 Å². The third-order valence-corrected chi connectivity index (χ3v) is 7.45. The number of rotatable bonds is 6. The second-order valence-electron chi connectivity index (χ2n) is 10.4. The van der Waals surface area contributed by atoms with Crippen LogP contribution in [0.15, 0.2) is 67.8 Å². The molecule has 1 amide bonds. The van der Waals surface area contributed by atoms with Crippen LogP contribution in [0.1, 0.15) is 12.5 Å². The van der Waals surface area contributed by atoms with Gasteiger partial charge in [-0.1, -0.05) is 25.6 Å². The molecule has 2 fully saturated rings. The van der Waals surface area contributed by atoms with Crippen molar-refractivity contribution in [3.8, 4) is 28.3 Å². The Morgan fingerprint density at radius 3 is 2.50 bits per heavy atom. The lowest BCUT2D eigenvalue weighted by Gasteiger charge is -2.37. The minimum Gasteiger partial charge on any atom is -0.380 e. The summed E-state index contributed by atoms with van der Waals surface area (Å²) in [5, 5.41) is 18.8. The fourth-order valence-corrected chi connectivity index (χ4v) is 5.28. The van der Waals surface area contributed by atoms with E-state index >= 15 is 0 Å². The number of carbonyl (C=O) groups excluding carboxylic acids is 1. The van der Waals surface area contributed by atoms with Crippen LogP contribution >= 0.6 is 0 Å². The number of ether oxygens (including phenoxy) is 1. The molecule has 2 saturated heterocycles. The van der Waals surface area contributed by atoms with Gasteiger partial charge in [0, 0.05) is 66.4 Å². The molecule has 0 N–H and O–H groups in total. The average Bonchev–Trinajstić information content (AvgIpc) is 3.58. The average molecular weight is 508 g/mol. The van der Waals surface area contributed by atoms with E-state index in [1.807, 2.05) is 22.0 Å². The van der Waals surface area contributed by atoms with Crippen LogP contribution in [0, 0.1) is 16.7 Å². The molecule has 9 heteroatoms. The Hall–Kier alpha value is -4.42. The first-order chi connectivity index (χ1) is 18.5. The van der Waals surface area contributed by atoms with E-state index in [0.29, 0.717) is 18.7 Å². The van der Waals surface area contributed by atoms with Crippen LogP contribution in [-0.2, 0) is 16.1 Å². The van der Waals surface area contributed by atoms with Gasteiger partial charge in [-0.05, 0) is 29.8 Å². The summed E-state index contributed by atoms with van der Waals surface area (Å²) >= 11 is 0. The minimum absolute atomic E-state index is 0.0187. The summed E-state index contributed by atoms with van der Waals surface area (Å²) in [7, 11) is 0. The normalized spacial score (nSPS) is 16.7. The molecule has 5 heterocycles. The van der Waals surface area contributed by atoms with Crippen molar-refractivity contribution >= 4 is 17.1 Å². The van der Waals surface area contributed by atoms with Crippen molar-refractivity contribution in [3.05, 3.63) is 73.3 Å². The number of nitrogens with zero attached hydrogens (tertiary/aromatic N) is 7. The highest BCUT2D eigenvalue weighted by atomic mass is 16.5. The maximum atomic E-state index is 11.9. The quantitative estimate of drug-likeness (QED) is 0.370. The molecule has 4 aromatic rings. The summed E-state index contributed by atoms with van der Waals surface area (Å²) < 4.78 is 9.15. The third-order valence-electron chi connectivity index (χ3n) is 7.45. The first-order valence-electron chi connectivity index (χ1n) is 12.8. The van der Waals surface area contributed by atoms with E-state index < -0.39 is 0 Å². The van der Waals surface area contributed by atoms with Gasteiger partial charge in [0.15, 0.2) is 0 Å². The molecule has 0 spiro atoms. The van der Waals surface area contributed by atoms with Crippen molar-refractivity contribution in [2.24, 2.45) is 5.41 Å². The molecule has 0 radical (unpaired) electrons. The number of nitriles is 1. The summed E-state index contributed by atoms with van der Waals surface area (Å²) in [5.41, 5.74) is 6.47. The summed E-state index contributed by atoms with van der Waals surface area (Å²) in [4.78, 5) is 16.0. The van der Waals surface area contributed by atoms with Crippen molar-refractivity contribution < 1.29 is 9.53 Å². The van der Waals surface area contributed by atoms with Crippen LogP contribution in [0.5, 0.6) is 0 Å². The Labute approximate surface area is 221 Å². The minimum atomic E-state index is -0.0187. The largest absolute Gasteiger partial charge is 0.380 e. The highest BCUT2D eigenvalue weighted by molar-refractivity contribution is 5.88. The number of piperazine rings is 1. The Kier molecular flexibility index (Phi) is 5.97. The third kappa shape index (κ3) is 4.33. The number of anilines is 1. The van der Waals surface area contributed by atoms with E-state index in [-0.39, 0.29) is 11.3 Å². The molecule has 0 aliphatic carbocycles. The lowest BCUT2D eigenvalue weighted by atomic mass is 9.89. The molecular formula is C29H29N7O2. The van der Waals surface area contributed by atoms with Gasteiger partial charge in [0.25, 0.3) is 0 Å². The highest BCUT2D eigenvalue weighted by Crippen LogP contribution is 2.34. The number of pyridine rings is 1. The summed E-state index contributed by atoms with van der Waals surface area (Å²) in [5.74, 6) is -0.0187.